The van der Waals surface area contributed by atoms with Crippen molar-refractivity contribution in [2.24, 2.45) is 22.9 Å². The van der Waals surface area contributed by atoms with Crippen LogP contribution < -0.4 is 33.7 Å². The molecule has 4 aromatic rings. The number of ether oxygens (including phenoxy) is 7. The largest absolute Gasteiger partial charge is 0.497 e. The first kappa shape index (κ1) is 51.9. The zero-order chi connectivity index (χ0) is 51.5. The number of allylic oxidation sites excluding steroid dienone is 1. The average Bonchev–Trinajstić information content (AvgIpc) is 3.88. The maximum absolute atomic E-state index is 15.3. The molecule has 18 nitrogen and oxygen atoms in total. The number of nitrogens with one attached hydrogen (secondary N) is 1. The fourth-order valence-corrected chi connectivity index (χ4v) is 10.5. The van der Waals surface area contributed by atoms with Gasteiger partial charge in [-0.2, -0.15) is 0 Å². The molecule has 2 heterocycles. The van der Waals surface area contributed by atoms with E-state index in [1.54, 1.807) is 65.6 Å². The van der Waals surface area contributed by atoms with Gasteiger partial charge in [0.15, 0.2) is 11.5 Å². The van der Waals surface area contributed by atoms with Crippen molar-refractivity contribution in [1.29, 1.82) is 0 Å². The average molecular weight is 1000 g/mol. The second kappa shape index (κ2) is 23.9. The number of fused-ring (bicyclic) bond motifs is 3. The van der Waals surface area contributed by atoms with E-state index in [1.807, 2.05) is 25.1 Å². The van der Waals surface area contributed by atoms with Gasteiger partial charge < -0.3 is 53.1 Å². The standard InChI is InChI=1S/C55H62N4O14/c1-5-27-70-55-50(58(33-36-15-22-47-49(28-36)69-34-68-47)51(62)24-16-35-13-17-38(18-14-35)59(64)65)32-45(57-71-6-2)42-29-37(11-7-9-25-60)41(12-8-10-26-61)52(53(42)55)43-30-40(20-23-46(43)73-55)72-54(63)56-44-21-19-39(66-3)31-48(44)67-4/h5,13-24,28-31,37,41,50,52-53,60-61H,1,6-12,25-27,32-34H2,2-4H3,(H,56,63). The number of rotatable bonds is 23. The van der Waals surface area contributed by atoms with Crippen LogP contribution in [0.3, 0.4) is 0 Å². The van der Waals surface area contributed by atoms with E-state index < -0.39 is 40.6 Å². The molecule has 3 N–H and O–H groups in total. The summed E-state index contributed by atoms with van der Waals surface area (Å²) in [6, 6.07) is 20.7. The van der Waals surface area contributed by atoms with Crippen molar-refractivity contribution in [2.45, 2.75) is 76.2 Å². The van der Waals surface area contributed by atoms with E-state index in [-0.39, 0.29) is 69.5 Å². The zero-order valence-electron chi connectivity index (χ0n) is 41.2. The molecule has 8 rings (SSSR count). The highest BCUT2D eigenvalue weighted by atomic mass is 16.7. The SMILES string of the molecule is C=CCOC12Oc3ccc(OC(=O)Nc4ccc(OC)cc4OC)cc3C3C(CCCCO)C(CCCCO)C=C(C(=NOCC)CC1N(Cc1ccc4c(c1)OCO4)C(=O)C=Cc1ccc([N+](=O)[O-])cc1)C32. The Morgan fingerprint density at radius 1 is 0.932 bits per heavy atom. The fourth-order valence-electron chi connectivity index (χ4n) is 10.5. The van der Waals surface area contributed by atoms with Crippen LogP contribution in [0.4, 0.5) is 16.2 Å². The quantitative estimate of drug-likeness (QED) is 0.0207. The molecule has 0 radical (unpaired) electrons. The zero-order valence-corrected chi connectivity index (χ0v) is 41.2. The predicted molar refractivity (Wildman–Crippen MR) is 271 cm³/mol. The number of nitrogens with zero attached hydrogens (tertiary/aromatic N) is 3. The Kier molecular flexibility index (Phi) is 17.0. The highest BCUT2D eigenvalue weighted by Crippen LogP contribution is 2.62. The molecule has 73 heavy (non-hydrogen) atoms. The maximum atomic E-state index is 15.3. The molecule has 0 saturated heterocycles. The van der Waals surface area contributed by atoms with Gasteiger partial charge in [-0.15, -0.1) is 6.58 Å². The minimum absolute atomic E-state index is 0.00675. The molecular weight excluding hydrogens is 941 g/mol. The molecule has 4 aliphatic rings. The molecule has 386 valence electrons. The Morgan fingerprint density at radius 3 is 2.41 bits per heavy atom. The molecule has 0 bridgehead atoms. The summed E-state index contributed by atoms with van der Waals surface area (Å²) in [6.07, 6.45) is 10.3. The van der Waals surface area contributed by atoms with Gasteiger partial charge in [0, 0.05) is 61.9 Å². The van der Waals surface area contributed by atoms with Gasteiger partial charge in [0.25, 0.3) is 5.69 Å². The van der Waals surface area contributed by atoms with Crippen LogP contribution in [0.1, 0.15) is 74.5 Å². The van der Waals surface area contributed by atoms with E-state index in [1.165, 1.54) is 32.4 Å². The number of hydrogen-bond acceptors (Lipinski definition) is 15. The molecule has 2 aliphatic carbocycles. The number of hydrogen-bond donors (Lipinski definition) is 3. The first-order valence-corrected chi connectivity index (χ1v) is 24.6. The van der Waals surface area contributed by atoms with Crippen molar-refractivity contribution >= 4 is 35.2 Å². The minimum atomic E-state index is -1.62. The number of nitro groups is 1. The molecular formula is C55H62N4O14. The van der Waals surface area contributed by atoms with E-state index in [0.717, 1.165) is 29.5 Å². The number of amides is 2. The summed E-state index contributed by atoms with van der Waals surface area (Å²) in [7, 11) is 3.02. The summed E-state index contributed by atoms with van der Waals surface area (Å²) in [5.74, 6) is -0.600. The Labute approximate surface area is 423 Å². The molecule has 0 spiro atoms. The summed E-state index contributed by atoms with van der Waals surface area (Å²) < 4.78 is 42.8. The van der Waals surface area contributed by atoms with Gasteiger partial charge in [0.05, 0.1) is 43.1 Å². The van der Waals surface area contributed by atoms with Crippen LogP contribution in [-0.4, -0.2) is 97.0 Å². The molecule has 1 fully saturated rings. The smallest absolute Gasteiger partial charge is 0.417 e. The highest BCUT2D eigenvalue weighted by Gasteiger charge is 2.65. The number of anilines is 1. The third-order valence-electron chi connectivity index (χ3n) is 13.8. The van der Waals surface area contributed by atoms with Crippen molar-refractivity contribution in [3.05, 3.63) is 136 Å². The van der Waals surface area contributed by atoms with Gasteiger partial charge in [0.2, 0.25) is 18.5 Å². The van der Waals surface area contributed by atoms with Crippen molar-refractivity contribution in [2.75, 3.05) is 52.8 Å². The lowest BCUT2D eigenvalue weighted by molar-refractivity contribution is -0.384. The van der Waals surface area contributed by atoms with E-state index in [2.05, 4.69) is 18.0 Å². The predicted octanol–water partition coefficient (Wildman–Crippen LogP) is 9.35. The molecule has 18 heteroatoms. The summed E-state index contributed by atoms with van der Waals surface area (Å²) in [6.45, 7) is 6.31. The molecule has 4 aromatic carbocycles. The number of non-ortho nitro benzene ring substituents is 1. The normalized spacial score (nSPS) is 21.8. The highest BCUT2D eigenvalue weighted by molar-refractivity contribution is 6.03. The molecule has 2 amide bonds. The van der Waals surface area contributed by atoms with Gasteiger partial charge in [-0.1, -0.05) is 36.2 Å². The van der Waals surface area contributed by atoms with Crippen molar-refractivity contribution < 1.29 is 62.7 Å². The summed E-state index contributed by atoms with van der Waals surface area (Å²) >= 11 is 0. The number of aliphatic hydroxyl groups excluding tert-OH is 2. The second-order valence-corrected chi connectivity index (χ2v) is 18.1. The van der Waals surface area contributed by atoms with Crippen molar-refractivity contribution in [3.8, 4) is 34.5 Å². The monoisotopic (exact) mass is 1000 g/mol. The molecule has 2 aliphatic heterocycles. The van der Waals surface area contributed by atoms with Gasteiger partial charge in [-0.05, 0) is 122 Å². The lowest BCUT2D eigenvalue weighted by Crippen LogP contribution is -2.70. The van der Waals surface area contributed by atoms with Crippen LogP contribution in [0.5, 0.6) is 34.5 Å². The number of unbranched alkanes of at least 4 members (excludes halogenated alkanes) is 2. The van der Waals surface area contributed by atoms with E-state index in [9.17, 15) is 25.1 Å². The number of benzene rings is 4. The van der Waals surface area contributed by atoms with E-state index >= 15 is 4.79 Å². The van der Waals surface area contributed by atoms with Crippen molar-refractivity contribution in [1.82, 2.24) is 4.90 Å². The van der Waals surface area contributed by atoms with Gasteiger partial charge in [-0.3, -0.25) is 20.2 Å². The minimum Gasteiger partial charge on any atom is -0.497 e. The maximum Gasteiger partial charge on any atom is 0.417 e. The second-order valence-electron chi connectivity index (χ2n) is 18.1. The van der Waals surface area contributed by atoms with Crippen LogP contribution in [0.2, 0.25) is 0 Å². The van der Waals surface area contributed by atoms with Crippen LogP contribution >= 0.6 is 0 Å². The Hall–Kier alpha value is -7.41. The van der Waals surface area contributed by atoms with Crippen LogP contribution in [0, 0.1) is 27.9 Å². The molecule has 0 aromatic heterocycles. The van der Waals surface area contributed by atoms with Crippen LogP contribution in [0.25, 0.3) is 6.08 Å². The third-order valence-corrected chi connectivity index (χ3v) is 13.8. The number of nitro benzene ring substituents is 1. The number of oxime groups is 1. The first-order chi connectivity index (χ1) is 35.5. The Balaban J connectivity index is 1.29. The summed E-state index contributed by atoms with van der Waals surface area (Å²) in [5, 5.41) is 39.1. The fraction of sp³-hybridized carbons (Fsp3) is 0.400. The van der Waals surface area contributed by atoms with Gasteiger partial charge in [0.1, 0.15) is 35.6 Å². The lowest BCUT2D eigenvalue weighted by atomic mass is 9.55. The lowest BCUT2D eigenvalue weighted by Gasteiger charge is -2.60. The molecule has 1 saturated carbocycles. The van der Waals surface area contributed by atoms with Gasteiger partial charge in [-0.25, -0.2) is 4.79 Å². The Bertz CT molecular complexity index is 2720. The van der Waals surface area contributed by atoms with Crippen molar-refractivity contribution in [3.63, 3.8) is 0 Å². The topological polar surface area (TPSA) is 219 Å². The van der Waals surface area contributed by atoms with Crippen LogP contribution in [0.15, 0.2) is 114 Å². The Morgan fingerprint density at radius 2 is 1.68 bits per heavy atom. The van der Waals surface area contributed by atoms with E-state index in [4.69, 9.17) is 43.2 Å². The van der Waals surface area contributed by atoms with E-state index in [0.29, 0.717) is 71.4 Å². The summed E-state index contributed by atoms with van der Waals surface area (Å²) in [4.78, 5) is 47.6. The number of carbonyl (C=O) groups is 2. The number of carbonyl (C=O) groups excluding carboxylic acids is 2. The molecule has 6 unspecified atom stereocenters. The number of methoxy groups -OCH3 is 2. The molecule has 6 atom stereocenters. The third kappa shape index (κ3) is 11.5. The number of aliphatic hydroxyl groups is 2. The first-order valence-electron chi connectivity index (χ1n) is 24.6. The van der Waals surface area contributed by atoms with Crippen LogP contribution in [-0.2, 0) is 20.9 Å². The summed E-state index contributed by atoms with van der Waals surface area (Å²) in [5.41, 5.74) is 3.73. The van der Waals surface area contributed by atoms with Gasteiger partial charge >= 0.3 is 6.09 Å².